The normalized spacial score (nSPS) is 11.0. The number of nitrogens with one attached hydrogen (secondary N) is 2. The van der Waals surface area contributed by atoms with Crippen LogP contribution in [0.1, 0.15) is 11.3 Å². The molecule has 0 radical (unpaired) electrons. The summed E-state index contributed by atoms with van der Waals surface area (Å²) in [7, 11) is 0. The van der Waals surface area contributed by atoms with Gasteiger partial charge in [-0.1, -0.05) is 29.4 Å². The van der Waals surface area contributed by atoms with E-state index >= 15 is 0 Å². The Balaban J connectivity index is 1.67. The number of amides is 1. The van der Waals surface area contributed by atoms with E-state index in [2.05, 4.69) is 36.2 Å². The minimum atomic E-state index is -0.115. The van der Waals surface area contributed by atoms with Gasteiger partial charge in [0.15, 0.2) is 10.8 Å². The summed E-state index contributed by atoms with van der Waals surface area (Å²) < 4.78 is 0.921. The maximum Gasteiger partial charge on any atom is 0.234 e. The third-order valence-corrected chi connectivity index (χ3v) is 5.31. The van der Waals surface area contributed by atoms with Gasteiger partial charge in [0.05, 0.1) is 17.0 Å². The molecule has 2 heterocycles. The zero-order chi connectivity index (χ0) is 17.3. The molecule has 0 saturated carbocycles. The van der Waals surface area contributed by atoms with E-state index in [9.17, 15) is 4.79 Å². The Morgan fingerprint density at radius 3 is 2.92 bits per heavy atom. The second kappa shape index (κ2) is 7.13. The summed E-state index contributed by atoms with van der Waals surface area (Å²) in [5.41, 5.74) is 4.04. The minimum absolute atomic E-state index is 0.115. The summed E-state index contributed by atoms with van der Waals surface area (Å²) >= 11 is 10.7. The van der Waals surface area contributed by atoms with E-state index in [1.165, 1.54) is 11.8 Å². The van der Waals surface area contributed by atoms with E-state index in [-0.39, 0.29) is 11.7 Å². The number of carbonyl (C=O) groups excluding carboxylic acids is 1. The van der Waals surface area contributed by atoms with Crippen molar-refractivity contribution in [3.63, 3.8) is 0 Å². The van der Waals surface area contributed by atoms with E-state index < -0.39 is 0 Å². The first-order valence-corrected chi connectivity index (χ1v) is 9.29. The first-order valence-electron chi connectivity index (χ1n) is 7.14. The zero-order valence-electron chi connectivity index (χ0n) is 13.0. The van der Waals surface area contributed by atoms with Gasteiger partial charge >= 0.3 is 0 Å². The van der Waals surface area contributed by atoms with Crippen molar-refractivity contribution in [1.29, 1.82) is 0 Å². The number of aromatic nitrogens is 3. The smallest absolute Gasteiger partial charge is 0.234 e. The number of nitrogens with zero attached hydrogens (tertiary/aromatic N) is 2. The molecule has 0 aliphatic rings. The molecule has 5 nitrogen and oxygen atoms in total. The van der Waals surface area contributed by atoms with Crippen molar-refractivity contribution in [1.82, 2.24) is 15.0 Å². The molecule has 0 unspecified atom stereocenters. The van der Waals surface area contributed by atoms with Crippen LogP contribution in [0.15, 0.2) is 33.9 Å². The predicted molar refractivity (Wildman–Crippen MR) is 102 cm³/mol. The Labute approximate surface area is 156 Å². The quantitative estimate of drug-likeness (QED) is 0.593. The lowest BCUT2D eigenvalue weighted by molar-refractivity contribution is -0.113. The molecule has 0 bridgehead atoms. The topological polar surface area (TPSA) is 70.7 Å². The molecular formula is C16H14BrClN4OS. The molecule has 1 aromatic carbocycles. The van der Waals surface area contributed by atoms with Gasteiger partial charge in [-0.15, -0.1) is 0 Å². The number of anilines is 1. The SMILES string of the molecule is Cc1ccc(Cl)cc1NC(=O)CSc1nc2nc(C)c(Br)cc2[nH]1. The van der Waals surface area contributed by atoms with Crippen LogP contribution < -0.4 is 5.32 Å². The molecule has 3 rings (SSSR count). The van der Waals surface area contributed by atoms with Gasteiger partial charge in [-0.05, 0) is 53.5 Å². The standard InChI is InChI=1S/C16H14BrClN4OS/c1-8-3-4-10(18)5-12(8)20-14(23)7-24-16-21-13-6-11(17)9(2)19-15(13)22-16/h3-6H,7H2,1-2H3,(H,20,23)(H,19,21,22). The number of pyridine rings is 1. The van der Waals surface area contributed by atoms with E-state index in [0.717, 1.165) is 26.9 Å². The number of aromatic amines is 1. The van der Waals surface area contributed by atoms with Crippen LogP contribution in [0.25, 0.3) is 11.2 Å². The van der Waals surface area contributed by atoms with E-state index in [0.29, 0.717) is 15.8 Å². The molecule has 0 fully saturated rings. The number of benzene rings is 1. The number of aryl methyl sites for hydroxylation is 2. The number of imidazole rings is 1. The first kappa shape index (κ1) is 17.3. The number of thioether (sulfide) groups is 1. The number of H-pyrrole nitrogens is 1. The lowest BCUT2D eigenvalue weighted by Gasteiger charge is -2.08. The van der Waals surface area contributed by atoms with Crippen molar-refractivity contribution < 1.29 is 4.79 Å². The van der Waals surface area contributed by atoms with Crippen LogP contribution in [0.4, 0.5) is 5.69 Å². The van der Waals surface area contributed by atoms with Crippen molar-refractivity contribution >= 4 is 62.1 Å². The number of halogens is 2. The highest BCUT2D eigenvalue weighted by Crippen LogP contribution is 2.24. The molecule has 1 amide bonds. The highest BCUT2D eigenvalue weighted by Gasteiger charge is 2.10. The summed E-state index contributed by atoms with van der Waals surface area (Å²) in [6, 6.07) is 7.34. The lowest BCUT2D eigenvalue weighted by Crippen LogP contribution is -2.14. The van der Waals surface area contributed by atoms with Gasteiger partial charge in [0.1, 0.15) is 0 Å². The van der Waals surface area contributed by atoms with Crippen molar-refractivity contribution in [2.24, 2.45) is 0 Å². The van der Waals surface area contributed by atoms with Gasteiger partial charge in [-0.25, -0.2) is 9.97 Å². The third kappa shape index (κ3) is 3.91. The molecule has 2 aromatic heterocycles. The van der Waals surface area contributed by atoms with E-state index in [4.69, 9.17) is 11.6 Å². The number of carbonyl (C=O) groups is 1. The van der Waals surface area contributed by atoms with Gasteiger partial charge in [-0.3, -0.25) is 4.79 Å². The van der Waals surface area contributed by atoms with Crippen LogP contribution in [0, 0.1) is 13.8 Å². The zero-order valence-corrected chi connectivity index (χ0v) is 16.1. The largest absolute Gasteiger partial charge is 0.331 e. The predicted octanol–water partition coefficient (Wildman–Crippen LogP) is 4.72. The molecular weight excluding hydrogens is 412 g/mol. The molecule has 0 saturated heterocycles. The van der Waals surface area contributed by atoms with Gasteiger partial charge in [0.25, 0.3) is 0 Å². The molecule has 2 N–H and O–H groups in total. The minimum Gasteiger partial charge on any atom is -0.331 e. The second-order valence-corrected chi connectivity index (χ2v) is 7.52. The Morgan fingerprint density at radius 2 is 2.12 bits per heavy atom. The number of hydrogen-bond acceptors (Lipinski definition) is 4. The van der Waals surface area contributed by atoms with Crippen molar-refractivity contribution in [3.05, 3.63) is 45.0 Å². The molecule has 124 valence electrons. The average Bonchev–Trinajstić information content (AvgIpc) is 2.91. The highest BCUT2D eigenvalue weighted by atomic mass is 79.9. The molecule has 8 heteroatoms. The van der Waals surface area contributed by atoms with Crippen molar-refractivity contribution in [2.45, 2.75) is 19.0 Å². The van der Waals surface area contributed by atoms with Crippen LogP contribution >= 0.6 is 39.3 Å². The van der Waals surface area contributed by atoms with Gasteiger partial charge in [0.2, 0.25) is 5.91 Å². The number of rotatable bonds is 4. The third-order valence-electron chi connectivity index (χ3n) is 3.39. The van der Waals surface area contributed by atoms with Gasteiger partial charge in [0, 0.05) is 15.2 Å². The van der Waals surface area contributed by atoms with Gasteiger partial charge in [-0.2, -0.15) is 0 Å². The maximum absolute atomic E-state index is 12.1. The molecule has 0 spiro atoms. The van der Waals surface area contributed by atoms with Crippen LogP contribution in [0.5, 0.6) is 0 Å². The van der Waals surface area contributed by atoms with E-state index in [1.54, 1.807) is 12.1 Å². The van der Waals surface area contributed by atoms with Crippen LogP contribution in [0.2, 0.25) is 5.02 Å². The maximum atomic E-state index is 12.1. The second-order valence-electron chi connectivity index (χ2n) is 5.26. The molecule has 24 heavy (non-hydrogen) atoms. The lowest BCUT2D eigenvalue weighted by atomic mass is 10.2. The Hall–Kier alpha value is -1.57. The molecule has 0 aliphatic heterocycles. The summed E-state index contributed by atoms with van der Waals surface area (Å²) in [5, 5.41) is 4.12. The number of hydrogen-bond donors (Lipinski definition) is 2. The molecule has 0 atom stereocenters. The van der Waals surface area contributed by atoms with Gasteiger partial charge < -0.3 is 10.3 Å². The fourth-order valence-electron chi connectivity index (χ4n) is 2.10. The summed E-state index contributed by atoms with van der Waals surface area (Å²) in [6.45, 7) is 3.83. The summed E-state index contributed by atoms with van der Waals surface area (Å²) in [5.74, 6) is 0.127. The van der Waals surface area contributed by atoms with Crippen LogP contribution in [-0.2, 0) is 4.79 Å². The van der Waals surface area contributed by atoms with Crippen molar-refractivity contribution in [2.75, 3.05) is 11.1 Å². The highest BCUT2D eigenvalue weighted by molar-refractivity contribution is 9.10. The Morgan fingerprint density at radius 1 is 1.33 bits per heavy atom. The Kier molecular flexibility index (Phi) is 5.12. The van der Waals surface area contributed by atoms with Crippen LogP contribution in [0.3, 0.4) is 0 Å². The first-order chi connectivity index (χ1) is 11.4. The number of fused-ring (bicyclic) bond motifs is 1. The fourth-order valence-corrected chi connectivity index (χ4v) is 3.27. The average molecular weight is 426 g/mol. The monoisotopic (exact) mass is 424 g/mol. The molecule has 3 aromatic rings. The molecule has 0 aliphatic carbocycles. The van der Waals surface area contributed by atoms with Crippen LogP contribution in [-0.4, -0.2) is 26.6 Å². The fraction of sp³-hybridized carbons (Fsp3) is 0.188. The summed E-state index contributed by atoms with van der Waals surface area (Å²) in [4.78, 5) is 24.1. The Bertz CT molecular complexity index is 889. The summed E-state index contributed by atoms with van der Waals surface area (Å²) in [6.07, 6.45) is 0. The van der Waals surface area contributed by atoms with E-state index in [1.807, 2.05) is 26.0 Å². The van der Waals surface area contributed by atoms with Crippen molar-refractivity contribution in [3.8, 4) is 0 Å².